The molecule has 1 aliphatic carbocycles. The first-order valence-corrected chi connectivity index (χ1v) is 10.8. The van der Waals surface area contributed by atoms with Gasteiger partial charge in [0, 0.05) is 31.5 Å². The third kappa shape index (κ3) is 4.07. The Bertz CT molecular complexity index is 1080. The number of amides is 2. The van der Waals surface area contributed by atoms with Crippen LogP contribution in [-0.4, -0.2) is 43.0 Å². The summed E-state index contributed by atoms with van der Waals surface area (Å²) in [6.07, 6.45) is 5.99. The second-order valence-corrected chi connectivity index (χ2v) is 8.75. The molecule has 3 N–H and O–H groups in total. The van der Waals surface area contributed by atoms with Crippen molar-refractivity contribution in [2.45, 2.75) is 30.2 Å². The standard InChI is InChI=1S/C18H21BN4O5S/c1-23-10-8-16(21-23)29(26,27)22-18(24)20-17-14-4-2-3-12(14)5-6-15(17)13-7-9-19(25)28-11-13/h5-10,13,25H,2-4,11H2,1H3,(H2,20,22,24). The maximum atomic E-state index is 12.6. The van der Waals surface area contributed by atoms with Crippen LogP contribution < -0.4 is 10.0 Å². The smallest absolute Gasteiger partial charge is 0.423 e. The SMILES string of the molecule is Cn1ccc(S(=O)(=O)NC(=O)Nc2c(C3C=CB(O)OC3)ccc3c2CCC3)n1. The fourth-order valence-corrected chi connectivity index (χ4v) is 4.60. The zero-order valence-electron chi connectivity index (χ0n) is 15.8. The minimum atomic E-state index is -4.08. The normalized spacial score (nSPS) is 18.6. The second-order valence-electron chi connectivity index (χ2n) is 7.12. The number of sulfonamides is 1. The van der Waals surface area contributed by atoms with Gasteiger partial charge in [0.15, 0.2) is 5.03 Å². The Morgan fingerprint density at radius 3 is 2.86 bits per heavy atom. The largest absolute Gasteiger partial charge is 0.483 e. The van der Waals surface area contributed by atoms with E-state index in [0.29, 0.717) is 5.69 Å². The van der Waals surface area contributed by atoms with Crippen LogP contribution in [0.1, 0.15) is 29.0 Å². The number of fused-ring (bicyclic) bond motifs is 1. The van der Waals surface area contributed by atoms with Crippen molar-refractivity contribution in [3.05, 3.63) is 53.1 Å². The fraction of sp³-hybridized carbons (Fsp3) is 0.333. The third-order valence-corrected chi connectivity index (χ3v) is 6.32. The lowest BCUT2D eigenvalue weighted by atomic mass is 9.82. The van der Waals surface area contributed by atoms with Gasteiger partial charge in [-0.2, -0.15) is 13.5 Å². The first-order valence-electron chi connectivity index (χ1n) is 9.29. The molecule has 9 nitrogen and oxygen atoms in total. The Morgan fingerprint density at radius 2 is 2.17 bits per heavy atom. The van der Waals surface area contributed by atoms with Crippen molar-refractivity contribution in [2.75, 3.05) is 11.9 Å². The Kier molecular flexibility index (Phi) is 5.20. The van der Waals surface area contributed by atoms with E-state index in [1.807, 2.05) is 22.9 Å². The quantitative estimate of drug-likeness (QED) is 0.642. The molecular weight excluding hydrogens is 395 g/mol. The van der Waals surface area contributed by atoms with Crippen molar-refractivity contribution in [2.24, 2.45) is 7.05 Å². The van der Waals surface area contributed by atoms with Crippen LogP contribution in [0.2, 0.25) is 0 Å². The van der Waals surface area contributed by atoms with E-state index in [1.165, 1.54) is 16.9 Å². The van der Waals surface area contributed by atoms with Crippen LogP contribution in [0.25, 0.3) is 0 Å². The van der Waals surface area contributed by atoms with Crippen molar-refractivity contribution in [1.29, 1.82) is 0 Å². The molecule has 2 aliphatic rings. The highest BCUT2D eigenvalue weighted by Crippen LogP contribution is 2.37. The van der Waals surface area contributed by atoms with Crippen LogP contribution in [0.5, 0.6) is 0 Å². The highest BCUT2D eigenvalue weighted by molar-refractivity contribution is 7.90. The van der Waals surface area contributed by atoms with Gasteiger partial charge in [-0.05, 0) is 42.0 Å². The minimum Gasteiger partial charge on any atom is -0.423 e. The molecule has 11 heteroatoms. The molecule has 1 aliphatic heterocycles. The molecule has 0 fully saturated rings. The monoisotopic (exact) mass is 416 g/mol. The van der Waals surface area contributed by atoms with Gasteiger partial charge in [-0.25, -0.2) is 9.52 Å². The second kappa shape index (κ2) is 7.66. The molecule has 2 heterocycles. The number of carbonyl (C=O) groups is 1. The molecule has 1 aromatic heterocycles. The molecule has 2 amide bonds. The van der Waals surface area contributed by atoms with Gasteiger partial charge in [-0.1, -0.05) is 24.2 Å². The van der Waals surface area contributed by atoms with Gasteiger partial charge in [-0.15, -0.1) is 0 Å². The molecule has 152 valence electrons. The molecule has 29 heavy (non-hydrogen) atoms. The van der Waals surface area contributed by atoms with Gasteiger partial charge < -0.3 is 15.0 Å². The number of carbonyl (C=O) groups excluding carboxylic acids is 1. The number of benzene rings is 1. The van der Waals surface area contributed by atoms with E-state index < -0.39 is 23.2 Å². The minimum absolute atomic E-state index is 0.160. The molecule has 0 saturated heterocycles. The van der Waals surface area contributed by atoms with Crippen molar-refractivity contribution < 1.29 is 22.9 Å². The number of nitrogens with zero attached hydrogens (tertiary/aromatic N) is 2. The third-order valence-electron chi connectivity index (χ3n) is 5.10. The van der Waals surface area contributed by atoms with Gasteiger partial charge in [0.05, 0.1) is 0 Å². The summed E-state index contributed by atoms with van der Waals surface area (Å²) in [6, 6.07) is 4.42. The predicted octanol–water partition coefficient (Wildman–Crippen LogP) is 1.11. The van der Waals surface area contributed by atoms with Crippen molar-refractivity contribution in [3.8, 4) is 0 Å². The van der Waals surface area contributed by atoms with Gasteiger partial charge in [0.2, 0.25) is 0 Å². The molecule has 0 radical (unpaired) electrons. The van der Waals surface area contributed by atoms with Gasteiger partial charge >= 0.3 is 13.1 Å². The van der Waals surface area contributed by atoms with Gasteiger partial charge in [0.1, 0.15) is 0 Å². The topological polar surface area (TPSA) is 123 Å². The van der Waals surface area contributed by atoms with Crippen molar-refractivity contribution in [1.82, 2.24) is 14.5 Å². The molecular formula is C18H21BN4O5S. The number of anilines is 1. The van der Waals surface area contributed by atoms with E-state index in [2.05, 4.69) is 10.4 Å². The number of nitrogens with one attached hydrogen (secondary N) is 2. The Balaban J connectivity index is 1.61. The summed E-state index contributed by atoms with van der Waals surface area (Å²) in [4.78, 5) is 12.6. The van der Waals surface area contributed by atoms with E-state index >= 15 is 0 Å². The number of hydrogen-bond acceptors (Lipinski definition) is 6. The Labute approximate surface area is 169 Å². The fourth-order valence-electron chi connectivity index (χ4n) is 3.73. The maximum absolute atomic E-state index is 12.6. The summed E-state index contributed by atoms with van der Waals surface area (Å²) in [5.74, 6) is 1.39. The van der Waals surface area contributed by atoms with Gasteiger partial charge in [-0.3, -0.25) is 4.68 Å². The van der Waals surface area contributed by atoms with Crippen molar-refractivity contribution >= 4 is 28.9 Å². The summed E-state index contributed by atoms with van der Waals surface area (Å²) in [7, 11) is -3.43. The maximum Gasteiger partial charge on any atom is 0.483 e. The van der Waals surface area contributed by atoms with E-state index in [9.17, 15) is 18.2 Å². The van der Waals surface area contributed by atoms with Crippen LogP contribution in [0.3, 0.4) is 0 Å². The highest BCUT2D eigenvalue weighted by atomic mass is 32.2. The number of rotatable bonds is 4. The van der Waals surface area contributed by atoms with E-state index in [1.54, 1.807) is 13.0 Å². The average Bonchev–Trinajstić information content (AvgIpc) is 3.32. The van der Waals surface area contributed by atoms with E-state index in [0.717, 1.165) is 36.0 Å². The van der Waals surface area contributed by atoms with Crippen molar-refractivity contribution in [3.63, 3.8) is 0 Å². The van der Waals surface area contributed by atoms with Crippen LogP contribution in [0, 0.1) is 0 Å². The van der Waals surface area contributed by atoms with E-state index in [-0.39, 0.29) is 17.6 Å². The number of aryl methyl sites for hydroxylation is 2. The predicted molar refractivity (Wildman–Crippen MR) is 107 cm³/mol. The molecule has 1 aromatic carbocycles. The zero-order valence-corrected chi connectivity index (χ0v) is 16.6. The molecule has 1 atom stereocenters. The molecule has 0 bridgehead atoms. The van der Waals surface area contributed by atoms with Crippen LogP contribution >= 0.6 is 0 Å². The first-order chi connectivity index (χ1) is 13.8. The summed E-state index contributed by atoms with van der Waals surface area (Å²) in [5, 5.41) is 15.9. The highest BCUT2D eigenvalue weighted by Gasteiger charge is 2.27. The molecule has 4 rings (SSSR count). The summed E-state index contributed by atoms with van der Waals surface area (Å²) in [5.41, 5.74) is 3.56. The zero-order chi connectivity index (χ0) is 20.6. The molecule has 1 unspecified atom stereocenters. The summed E-state index contributed by atoms with van der Waals surface area (Å²) >= 11 is 0. The van der Waals surface area contributed by atoms with Crippen LogP contribution in [0.15, 0.2) is 41.5 Å². The average molecular weight is 416 g/mol. The summed E-state index contributed by atoms with van der Waals surface area (Å²) in [6.45, 7) is 0.263. The van der Waals surface area contributed by atoms with Crippen LogP contribution in [-0.2, 0) is 34.6 Å². The molecule has 0 saturated carbocycles. The summed E-state index contributed by atoms with van der Waals surface area (Å²) < 4.78 is 33.5. The van der Waals surface area contributed by atoms with Gasteiger partial charge in [0.25, 0.3) is 10.0 Å². The Morgan fingerprint density at radius 1 is 1.34 bits per heavy atom. The number of urea groups is 1. The Hall–Kier alpha value is -2.63. The van der Waals surface area contributed by atoms with E-state index in [4.69, 9.17) is 4.65 Å². The lowest BCUT2D eigenvalue weighted by molar-refractivity contribution is 0.252. The lowest BCUT2D eigenvalue weighted by Crippen LogP contribution is -2.35. The molecule has 0 spiro atoms. The lowest BCUT2D eigenvalue weighted by Gasteiger charge is -2.24. The molecule has 2 aromatic rings. The number of aromatic nitrogens is 2. The first kappa shape index (κ1) is 19.7. The number of hydrogen-bond donors (Lipinski definition) is 3. The van der Waals surface area contributed by atoms with Crippen LogP contribution in [0.4, 0.5) is 10.5 Å².